The molecule has 0 atom stereocenters. The Morgan fingerprint density at radius 2 is 2.00 bits per heavy atom. The molecular formula is C22H30IN3O2. The molecule has 1 heterocycles. The fraction of sp³-hybridized carbons (Fsp3) is 0.409. The molecule has 2 aromatic rings. The Bertz CT molecular complexity index is 793. The van der Waals surface area contributed by atoms with Crippen molar-refractivity contribution in [1.82, 2.24) is 10.6 Å². The summed E-state index contributed by atoms with van der Waals surface area (Å²) in [5.74, 6) is 2.73. The smallest absolute Gasteiger partial charge is 0.191 e. The number of hydrogen-bond donors (Lipinski definition) is 2. The highest BCUT2D eigenvalue weighted by Crippen LogP contribution is 2.25. The molecule has 0 fully saturated rings. The van der Waals surface area contributed by atoms with Crippen LogP contribution in [0.5, 0.6) is 11.5 Å². The minimum absolute atomic E-state index is 0. The highest BCUT2D eigenvalue weighted by atomic mass is 127. The minimum Gasteiger partial charge on any atom is -0.493 e. The maximum Gasteiger partial charge on any atom is 0.191 e. The first-order chi connectivity index (χ1) is 13.1. The normalized spacial score (nSPS) is 12.8. The summed E-state index contributed by atoms with van der Waals surface area (Å²) >= 11 is 0. The van der Waals surface area contributed by atoms with Gasteiger partial charge in [0.2, 0.25) is 0 Å². The van der Waals surface area contributed by atoms with Crippen molar-refractivity contribution in [3.63, 3.8) is 0 Å². The van der Waals surface area contributed by atoms with Gasteiger partial charge in [0, 0.05) is 26.6 Å². The van der Waals surface area contributed by atoms with Crippen molar-refractivity contribution in [2.45, 2.75) is 39.3 Å². The second kappa shape index (κ2) is 11.1. The molecule has 1 aliphatic heterocycles. The van der Waals surface area contributed by atoms with Crippen molar-refractivity contribution in [2.24, 2.45) is 4.99 Å². The number of hydrogen-bond acceptors (Lipinski definition) is 3. The van der Waals surface area contributed by atoms with Crippen LogP contribution in [0.2, 0.25) is 0 Å². The lowest BCUT2D eigenvalue weighted by Crippen LogP contribution is -2.37. The molecule has 6 heteroatoms. The summed E-state index contributed by atoms with van der Waals surface area (Å²) in [5.41, 5.74) is 3.80. The SMILES string of the molecule is CN=C(NCCc1ccc2c(c1)CCO2)NCc1cccc(OC(C)C)c1.I. The number of guanidine groups is 1. The average molecular weight is 495 g/mol. The Morgan fingerprint density at radius 1 is 1.14 bits per heavy atom. The van der Waals surface area contributed by atoms with E-state index in [2.05, 4.69) is 46.0 Å². The Morgan fingerprint density at radius 3 is 2.79 bits per heavy atom. The molecule has 0 saturated carbocycles. The van der Waals surface area contributed by atoms with E-state index in [1.54, 1.807) is 7.05 Å². The second-order valence-electron chi connectivity index (χ2n) is 6.96. The summed E-state index contributed by atoms with van der Waals surface area (Å²) in [7, 11) is 1.79. The van der Waals surface area contributed by atoms with Crippen LogP contribution in [0.1, 0.15) is 30.5 Å². The number of ether oxygens (including phenoxy) is 2. The van der Waals surface area contributed by atoms with Crippen molar-refractivity contribution >= 4 is 29.9 Å². The Kier molecular flexibility index (Phi) is 8.89. The van der Waals surface area contributed by atoms with Crippen LogP contribution >= 0.6 is 24.0 Å². The van der Waals surface area contributed by atoms with Gasteiger partial charge in [-0.15, -0.1) is 24.0 Å². The average Bonchev–Trinajstić information content (AvgIpc) is 3.12. The largest absolute Gasteiger partial charge is 0.493 e. The number of nitrogens with zero attached hydrogens (tertiary/aromatic N) is 1. The van der Waals surface area contributed by atoms with Gasteiger partial charge in [-0.1, -0.05) is 24.3 Å². The minimum atomic E-state index is 0. The van der Waals surface area contributed by atoms with Gasteiger partial charge >= 0.3 is 0 Å². The van der Waals surface area contributed by atoms with E-state index in [1.807, 2.05) is 26.0 Å². The quantitative estimate of drug-likeness (QED) is 0.347. The monoisotopic (exact) mass is 495 g/mol. The fourth-order valence-corrected chi connectivity index (χ4v) is 3.13. The van der Waals surface area contributed by atoms with Crippen LogP contribution in [0.4, 0.5) is 0 Å². The predicted octanol–water partition coefficient (Wildman–Crippen LogP) is 3.93. The molecular weight excluding hydrogens is 465 g/mol. The van der Waals surface area contributed by atoms with Gasteiger partial charge in [-0.05, 0) is 55.2 Å². The lowest BCUT2D eigenvalue weighted by atomic mass is 10.1. The molecule has 0 aromatic heterocycles. The van der Waals surface area contributed by atoms with E-state index >= 15 is 0 Å². The molecule has 0 amide bonds. The van der Waals surface area contributed by atoms with Crippen molar-refractivity contribution in [3.05, 3.63) is 59.2 Å². The molecule has 5 nitrogen and oxygen atoms in total. The zero-order valence-electron chi connectivity index (χ0n) is 16.8. The van der Waals surface area contributed by atoms with Crippen molar-refractivity contribution in [3.8, 4) is 11.5 Å². The van der Waals surface area contributed by atoms with Crippen molar-refractivity contribution in [2.75, 3.05) is 20.2 Å². The number of benzene rings is 2. The molecule has 1 aliphatic rings. The number of fused-ring (bicyclic) bond motifs is 1. The molecule has 0 unspecified atom stereocenters. The van der Waals surface area contributed by atoms with E-state index in [1.165, 1.54) is 11.1 Å². The lowest BCUT2D eigenvalue weighted by Gasteiger charge is -2.14. The summed E-state index contributed by atoms with van der Waals surface area (Å²) in [6.45, 7) is 6.40. The summed E-state index contributed by atoms with van der Waals surface area (Å²) < 4.78 is 11.3. The number of halogens is 1. The lowest BCUT2D eigenvalue weighted by molar-refractivity contribution is 0.242. The maximum absolute atomic E-state index is 5.75. The number of rotatable bonds is 7. The Hall–Kier alpha value is -1.96. The zero-order valence-corrected chi connectivity index (χ0v) is 19.2. The second-order valence-corrected chi connectivity index (χ2v) is 6.96. The van der Waals surface area contributed by atoms with Gasteiger partial charge in [-0.2, -0.15) is 0 Å². The standard InChI is InChI=1S/C22H29N3O2.HI/c1-16(2)27-20-6-4-5-18(14-20)15-25-22(23-3)24-11-9-17-7-8-21-19(13-17)10-12-26-21;/h4-8,13-14,16H,9-12,15H2,1-3H3,(H2,23,24,25);1H. The predicted molar refractivity (Wildman–Crippen MR) is 125 cm³/mol. The third-order valence-corrected chi connectivity index (χ3v) is 4.41. The summed E-state index contributed by atoms with van der Waals surface area (Å²) in [4.78, 5) is 4.31. The highest BCUT2D eigenvalue weighted by Gasteiger charge is 2.11. The van der Waals surface area contributed by atoms with Crippen molar-refractivity contribution in [1.29, 1.82) is 0 Å². The van der Waals surface area contributed by atoms with Crippen LogP contribution in [0.15, 0.2) is 47.5 Å². The van der Waals surface area contributed by atoms with Crippen LogP contribution in [0.25, 0.3) is 0 Å². The molecule has 2 N–H and O–H groups in total. The molecule has 152 valence electrons. The Balaban J connectivity index is 0.00000280. The van der Waals surface area contributed by atoms with E-state index in [4.69, 9.17) is 9.47 Å². The molecule has 0 aliphatic carbocycles. The summed E-state index contributed by atoms with van der Waals surface area (Å²) in [6, 6.07) is 14.6. The molecule has 2 aromatic carbocycles. The van der Waals surface area contributed by atoms with E-state index in [-0.39, 0.29) is 30.1 Å². The van der Waals surface area contributed by atoms with E-state index in [0.29, 0.717) is 6.54 Å². The van der Waals surface area contributed by atoms with Crippen LogP contribution in [0, 0.1) is 0 Å². The first kappa shape index (κ1) is 22.3. The first-order valence-electron chi connectivity index (χ1n) is 9.59. The third-order valence-electron chi connectivity index (χ3n) is 4.41. The molecule has 0 bridgehead atoms. The van der Waals surface area contributed by atoms with Gasteiger partial charge in [0.25, 0.3) is 0 Å². The van der Waals surface area contributed by atoms with Gasteiger partial charge in [-0.3, -0.25) is 4.99 Å². The van der Waals surface area contributed by atoms with E-state index < -0.39 is 0 Å². The fourth-order valence-electron chi connectivity index (χ4n) is 3.13. The van der Waals surface area contributed by atoms with Gasteiger partial charge < -0.3 is 20.1 Å². The third kappa shape index (κ3) is 6.58. The van der Waals surface area contributed by atoms with Gasteiger partial charge in [0.15, 0.2) is 5.96 Å². The molecule has 0 radical (unpaired) electrons. The number of nitrogens with one attached hydrogen (secondary N) is 2. The highest BCUT2D eigenvalue weighted by molar-refractivity contribution is 14.0. The van der Waals surface area contributed by atoms with Gasteiger partial charge in [0.05, 0.1) is 12.7 Å². The molecule has 0 saturated heterocycles. The summed E-state index contributed by atoms with van der Waals surface area (Å²) in [5, 5.41) is 6.74. The molecule has 3 rings (SSSR count). The molecule has 28 heavy (non-hydrogen) atoms. The van der Waals surface area contributed by atoms with Crippen molar-refractivity contribution < 1.29 is 9.47 Å². The van der Waals surface area contributed by atoms with E-state index in [0.717, 1.165) is 49.0 Å². The van der Waals surface area contributed by atoms with Gasteiger partial charge in [-0.25, -0.2) is 0 Å². The van der Waals surface area contributed by atoms with Crippen LogP contribution in [-0.2, 0) is 19.4 Å². The van der Waals surface area contributed by atoms with Crippen LogP contribution in [-0.4, -0.2) is 32.3 Å². The zero-order chi connectivity index (χ0) is 19.1. The topological polar surface area (TPSA) is 54.9 Å². The van der Waals surface area contributed by atoms with E-state index in [9.17, 15) is 0 Å². The molecule has 0 spiro atoms. The van der Waals surface area contributed by atoms with Gasteiger partial charge in [0.1, 0.15) is 11.5 Å². The Labute approximate surface area is 184 Å². The van der Waals surface area contributed by atoms with Crippen LogP contribution in [0.3, 0.4) is 0 Å². The maximum atomic E-state index is 5.75. The van der Waals surface area contributed by atoms with Crippen LogP contribution < -0.4 is 20.1 Å². The number of aliphatic imine (C=N–C) groups is 1. The first-order valence-corrected chi connectivity index (χ1v) is 9.59. The summed E-state index contributed by atoms with van der Waals surface area (Å²) in [6.07, 6.45) is 2.14.